The summed E-state index contributed by atoms with van der Waals surface area (Å²) in [7, 11) is 0. The van der Waals surface area contributed by atoms with Gasteiger partial charge in [0.1, 0.15) is 5.82 Å². The third kappa shape index (κ3) is 3.11. The molecule has 1 heterocycles. The van der Waals surface area contributed by atoms with Gasteiger partial charge in [-0.3, -0.25) is 0 Å². The molecule has 0 radical (unpaired) electrons. The highest BCUT2D eigenvalue weighted by atomic mass is 15.2. The van der Waals surface area contributed by atoms with E-state index >= 15 is 0 Å². The van der Waals surface area contributed by atoms with Crippen molar-refractivity contribution in [2.45, 2.75) is 33.6 Å². The molecule has 84 valence electrons. The number of anilines is 2. The fourth-order valence-electron chi connectivity index (χ4n) is 1.58. The largest absolute Gasteiger partial charge is 0.398 e. The Morgan fingerprint density at radius 2 is 1.87 bits per heavy atom. The number of nitrogen functional groups attached to an aromatic ring is 1. The number of aromatic nitrogens is 1. The normalized spacial score (nSPS) is 10.3. The molecule has 0 fully saturated rings. The van der Waals surface area contributed by atoms with E-state index in [1.165, 1.54) is 0 Å². The van der Waals surface area contributed by atoms with Crippen molar-refractivity contribution in [2.24, 2.45) is 0 Å². The SMILES string of the molecule is CCCN(CCC)c1cc(N)c(C)cn1. The van der Waals surface area contributed by atoms with Crippen LogP contribution in [0.25, 0.3) is 0 Å². The molecule has 0 aliphatic rings. The predicted octanol–water partition coefficient (Wildman–Crippen LogP) is 2.60. The van der Waals surface area contributed by atoms with Gasteiger partial charge in [0.25, 0.3) is 0 Å². The molecule has 2 N–H and O–H groups in total. The molecule has 15 heavy (non-hydrogen) atoms. The average molecular weight is 207 g/mol. The van der Waals surface area contributed by atoms with Crippen molar-refractivity contribution >= 4 is 11.5 Å². The monoisotopic (exact) mass is 207 g/mol. The molecule has 3 nitrogen and oxygen atoms in total. The first-order valence-corrected chi connectivity index (χ1v) is 5.66. The zero-order valence-corrected chi connectivity index (χ0v) is 9.95. The highest BCUT2D eigenvalue weighted by Gasteiger charge is 2.06. The topological polar surface area (TPSA) is 42.1 Å². The molecule has 0 saturated heterocycles. The maximum absolute atomic E-state index is 5.88. The first-order valence-electron chi connectivity index (χ1n) is 5.66. The van der Waals surface area contributed by atoms with Crippen LogP contribution >= 0.6 is 0 Å². The van der Waals surface area contributed by atoms with Crippen LogP contribution in [0.1, 0.15) is 32.3 Å². The fraction of sp³-hybridized carbons (Fsp3) is 0.583. The van der Waals surface area contributed by atoms with Crippen molar-refractivity contribution in [3.8, 4) is 0 Å². The van der Waals surface area contributed by atoms with E-state index < -0.39 is 0 Å². The van der Waals surface area contributed by atoms with E-state index in [-0.39, 0.29) is 0 Å². The van der Waals surface area contributed by atoms with Crippen LogP contribution in [0.15, 0.2) is 12.3 Å². The molecule has 1 aromatic rings. The predicted molar refractivity (Wildman–Crippen MR) is 66.2 cm³/mol. The molecule has 0 aliphatic carbocycles. The molecule has 0 aromatic carbocycles. The second-order valence-corrected chi connectivity index (χ2v) is 3.89. The molecular weight excluding hydrogens is 186 g/mol. The minimum atomic E-state index is 0.831. The zero-order chi connectivity index (χ0) is 11.3. The Balaban J connectivity index is 2.85. The maximum Gasteiger partial charge on any atom is 0.130 e. The van der Waals surface area contributed by atoms with Crippen LogP contribution in [-0.4, -0.2) is 18.1 Å². The van der Waals surface area contributed by atoms with Crippen LogP contribution in [0, 0.1) is 6.92 Å². The Morgan fingerprint density at radius 1 is 1.27 bits per heavy atom. The summed E-state index contributed by atoms with van der Waals surface area (Å²) in [5.74, 6) is 1.00. The second-order valence-electron chi connectivity index (χ2n) is 3.89. The molecule has 1 aromatic heterocycles. The lowest BCUT2D eigenvalue weighted by Crippen LogP contribution is -2.25. The lowest BCUT2D eigenvalue weighted by molar-refractivity contribution is 0.734. The van der Waals surface area contributed by atoms with Crippen LogP contribution in [0.5, 0.6) is 0 Å². The summed E-state index contributed by atoms with van der Waals surface area (Å²) in [5.41, 5.74) is 7.76. The smallest absolute Gasteiger partial charge is 0.130 e. The highest BCUT2D eigenvalue weighted by Crippen LogP contribution is 2.18. The summed E-state index contributed by atoms with van der Waals surface area (Å²) in [6, 6.07) is 1.97. The van der Waals surface area contributed by atoms with Gasteiger partial charge in [0.2, 0.25) is 0 Å². The summed E-state index contributed by atoms with van der Waals surface area (Å²) < 4.78 is 0. The molecule has 0 atom stereocenters. The molecule has 0 unspecified atom stereocenters. The van der Waals surface area contributed by atoms with Gasteiger partial charge in [-0.25, -0.2) is 4.98 Å². The van der Waals surface area contributed by atoms with Crippen LogP contribution in [0.2, 0.25) is 0 Å². The van der Waals surface area contributed by atoms with Gasteiger partial charge in [0.15, 0.2) is 0 Å². The molecule has 0 amide bonds. The third-order valence-corrected chi connectivity index (χ3v) is 2.44. The summed E-state index contributed by atoms with van der Waals surface area (Å²) >= 11 is 0. The maximum atomic E-state index is 5.88. The van der Waals surface area contributed by atoms with Gasteiger partial charge in [0.05, 0.1) is 0 Å². The van der Waals surface area contributed by atoms with Gasteiger partial charge in [0, 0.05) is 31.0 Å². The van der Waals surface area contributed by atoms with Crippen molar-refractivity contribution in [3.05, 3.63) is 17.8 Å². The first kappa shape index (κ1) is 11.8. The van der Waals surface area contributed by atoms with Crippen molar-refractivity contribution in [2.75, 3.05) is 23.7 Å². The fourth-order valence-corrected chi connectivity index (χ4v) is 1.58. The van der Waals surface area contributed by atoms with Gasteiger partial charge >= 0.3 is 0 Å². The van der Waals surface area contributed by atoms with E-state index in [2.05, 4.69) is 23.7 Å². The Morgan fingerprint density at radius 3 is 2.33 bits per heavy atom. The average Bonchev–Trinajstić information content (AvgIpc) is 2.22. The number of hydrogen-bond donors (Lipinski definition) is 1. The van der Waals surface area contributed by atoms with E-state index in [9.17, 15) is 0 Å². The van der Waals surface area contributed by atoms with E-state index in [1.54, 1.807) is 0 Å². The number of nitrogens with two attached hydrogens (primary N) is 1. The molecule has 1 rings (SSSR count). The zero-order valence-electron chi connectivity index (χ0n) is 9.95. The van der Waals surface area contributed by atoms with Gasteiger partial charge < -0.3 is 10.6 Å². The Hall–Kier alpha value is -1.25. The van der Waals surface area contributed by atoms with Crippen LogP contribution in [0.3, 0.4) is 0 Å². The molecule has 0 bridgehead atoms. The first-order chi connectivity index (χ1) is 7.19. The molecule has 0 spiro atoms. The van der Waals surface area contributed by atoms with Crippen molar-refractivity contribution in [1.82, 2.24) is 4.98 Å². The number of hydrogen-bond acceptors (Lipinski definition) is 3. The summed E-state index contributed by atoms with van der Waals surface area (Å²) in [5, 5.41) is 0. The molecule has 3 heteroatoms. The number of aryl methyl sites for hydroxylation is 1. The molecule has 0 aliphatic heterocycles. The quantitative estimate of drug-likeness (QED) is 0.807. The van der Waals surface area contributed by atoms with E-state index in [4.69, 9.17) is 5.73 Å². The lowest BCUT2D eigenvalue weighted by atomic mass is 10.2. The van der Waals surface area contributed by atoms with E-state index in [1.807, 2.05) is 19.2 Å². The highest BCUT2D eigenvalue weighted by molar-refractivity contribution is 5.54. The van der Waals surface area contributed by atoms with Crippen LogP contribution in [0.4, 0.5) is 11.5 Å². The third-order valence-electron chi connectivity index (χ3n) is 2.44. The second kappa shape index (κ2) is 5.59. The van der Waals surface area contributed by atoms with Gasteiger partial charge in [-0.1, -0.05) is 13.8 Å². The summed E-state index contributed by atoms with van der Waals surface area (Å²) in [6.45, 7) is 8.43. The van der Waals surface area contributed by atoms with Crippen LogP contribution in [-0.2, 0) is 0 Å². The van der Waals surface area contributed by atoms with Gasteiger partial charge in [-0.05, 0) is 25.3 Å². The van der Waals surface area contributed by atoms with Crippen molar-refractivity contribution in [1.29, 1.82) is 0 Å². The molecular formula is C12H21N3. The van der Waals surface area contributed by atoms with E-state index in [0.717, 1.165) is 43.0 Å². The van der Waals surface area contributed by atoms with Crippen LogP contribution < -0.4 is 10.6 Å². The number of rotatable bonds is 5. The standard InChI is InChI=1S/C12H21N3/c1-4-6-15(7-5-2)12-8-11(13)10(3)9-14-12/h8-9H,4-7H2,1-3H3,(H2,13,14). The summed E-state index contributed by atoms with van der Waals surface area (Å²) in [4.78, 5) is 6.71. The number of pyridine rings is 1. The summed E-state index contributed by atoms with van der Waals surface area (Å²) in [6.07, 6.45) is 4.12. The molecule has 0 saturated carbocycles. The minimum absolute atomic E-state index is 0.831. The number of nitrogens with zero attached hydrogens (tertiary/aromatic N) is 2. The van der Waals surface area contributed by atoms with Gasteiger partial charge in [-0.15, -0.1) is 0 Å². The minimum Gasteiger partial charge on any atom is -0.398 e. The van der Waals surface area contributed by atoms with E-state index in [0.29, 0.717) is 0 Å². The van der Waals surface area contributed by atoms with Crippen molar-refractivity contribution in [3.63, 3.8) is 0 Å². The Kier molecular flexibility index (Phi) is 4.40. The lowest BCUT2D eigenvalue weighted by Gasteiger charge is -2.22. The van der Waals surface area contributed by atoms with Gasteiger partial charge in [-0.2, -0.15) is 0 Å². The van der Waals surface area contributed by atoms with Crippen molar-refractivity contribution < 1.29 is 0 Å². The Bertz CT molecular complexity index is 304. The Labute approximate surface area is 92.3 Å².